The van der Waals surface area contributed by atoms with Crippen LogP contribution in [0.4, 0.5) is 0 Å². The molecule has 0 spiro atoms. The van der Waals surface area contributed by atoms with Gasteiger partial charge in [0.1, 0.15) is 0 Å². The second kappa shape index (κ2) is 2.84. The van der Waals surface area contributed by atoms with Gasteiger partial charge in [-0.3, -0.25) is 4.79 Å². The van der Waals surface area contributed by atoms with Crippen molar-refractivity contribution in [2.75, 3.05) is 0 Å². The summed E-state index contributed by atoms with van der Waals surface area (Å²) in [7, 11) is 0. The number of hydrogen-bond donors (Lipinski definition) is 1. The van der Waals surface area contributed by atoms with E-state index in [1.165, 1.54) is 16.7 Å². The van der Waals surface area contributed by atoms with Gasteiger partial charge in [-0.1, -0.05) is 30.7 Å². The van der Waals surface area contributed by atoms with Crippen molar-refractivity contribution in [3.05, 3.63) is 34.9 Å². The Bertz CT molecular complexity index is 397. The molecule has 2 nitrogen and oxygen atoms in total. The number of primary amides is 1. The number of rotatable bonds is 1. The molecule has 1 unspecified atom stereocenters. The Morgan fingerprint density at radius 3 is 2.64 bits per heavy atom. The number of aryl methyl sites for hydroxylation is 1. The number of carbonyl (C=O) groups excluding carboxylic acids is 1. The van der Waals surface area contributed by atoms with Crippen LogP contribution in [0.3, 0.4) is 0 Å². The topological polar surface area (TPSA) is 43.1 Å². The number of nitrogens with two attached hydrogens (primary N) is 1. The molecule has 0 heterocycles. The molecule has 0 aliphatic heterocycles. The zero-order valence-corrected chi connectivity index (χ0v) is 8.63. The number of amides is 1. The van der Waals surface area contributed by atoms with Gasteiger partial charge in [0.15, 0.2) is 0 Å². The SMILES string of the molecule is Cc1ccc2c(c1)CC(C)(C(N)=O)C2. The quantitative estimate of drug-likeness (QED) is 0.716. The summed E-state index contributed by atoms with van der Waals surface area (Å²) in [5, 5.41) is 0. The predicted molar refractivity (Wildman–Crippen MR) is 55.9 cm³/mol. The van der Waals surface area contributed by atoms with Gasteiger partial charge in [-0.25, -0.2) is 0 Å². The first-order valence-corrected chi connectivity index (χ1v) is 4.90. The summed E-state index contributed by atoms with van der Waals surface area (Å²) in [6.45, 7) is 4.02. The number of carbonyl (C=O) groups is 1. The minimum absolute atomic E-state index is 0.189. The van der Waals surface area contributed by atoms with Crippen molar-refractivity contribution in [2.45, 2.75) is 26.7 Å². The van der Waals surface area contributed by atoms with Gasteiger partial charge in [-0.15, -0.1) is 0 Å². The average Bonchev–Trinajstić information content (AvgIpc) is 2.42. The Morgan fingerprint density at radius 1 is 1.36 bits per heavy atom. The van der Waals surface area contributed by atoms with Gasteiger partial charge in [0.05, 0.1) is 5.41 Å². The Labute approximate surface area is 84.1 Å². The molecule has 2 rings (SSSR count). The lowest BCUT2D eigenvalue weighted by Crippen LogP contribution is -2.34. The highest BCUT2D eigenvalue weighted by molar-refractivity contribution is 5.82. The third-order valence-corrected chi connectivity index (χ3v) is 3.12. The number of hydrogen-bond acceptors (Lipinski definition) is 1. The highest BCUT2D eigenvalue weighted by Crippen LogP contribution is 2.36. The maximum atomic E-state index is 11.3. The van der Waals surface area contributed by atoms with Crippen LogP contribution in [0, 0.1) is 12.3 Å². The Balaban J connectivity index is 2.39. The minimum atomic E-state index is -0.365. The molecule has 1 atom stereocenters. The molecular formula is C12H15NO. The minimum Gasteiger partial charge on any atom is -0.369 e. The maximum Gasteiger partial charge on any atom is 0.224 e. The van der Waals surface area contributed by atoms with E-state index < -0.39 is 0 Å². The lowest BCUT2D eigenvalue weighted by atomic mass is 9.87. The largest absolute Gasteiger partial charge is 0.369 e. The summed E-state index contributed by atoms with van der Waals surface area (Å²) in [6.07, 6.45) is 1.58. The summed E-state index contributed by atoms with van der Waals surface area (Å²) >= 11 is 0. The lowest BCUT2D eigenvalue weighted by Gasteiger charge is -2.17. The number of fused-ring (bicyclic) bond motifs is 1. The summed E-state index contributed by atoms with van der Waals surface area (Å²) in [4.78, 5) is 11.3. The maximum absolute atomic E-state index is 11.3. The normalized spacial score (nSPS) is 24.7. The molecule has 1 aliphatic rings. The van der Waals surface area contributed by atoms with E-state index in [2.05, 4.69) is 25.1 Å². The van der Waals surface area contributed by atoms with Crippen LogP contribution in [-0.4, -0.2) is 5.91 Å². The van der Waals surface area contributed by atoms with E-state index >= 15 is 0 Å². The fraction of sp³-hybridized carbons (Fsp3) is 0.417. The molecule has 1 aliphatic carbocycles. The van der Waals surface area contributed by atoms with Crippen LogP contribution in [-0.2, 0) is 17.6 Å². The highest BCUT2D eigenvalue weighted by Gasteiger charge is 2.37. The van der Waals surface area contributed by atoms with E-state index in [1.54, 1.807) is 0 Å². The standard InChI is InChI=1S/C12H15NO/c1-8-3-4-9-6-12(2,11(13)14)7-10(9)5-8/h3-5H,6-7H2,1-2H3,(H2,13,14). The fourth-order valence-electron chi connectivity index (χ4n) is 2.17. The van der Waals surface area contributed by atoms with Crippen LogP contribution in [0.1, 0.15) is 23.6 Å². The lowest BCUT2D eigenvalue weighted by molar-refractivity contribution is -0.126. The molecule has 74 valence electrons. The molecule has 0 saturated carbocycles. The van der Waals surface area contributed by atoms with Crippen molar-refractivity contribution in [2.24, 2.45) is 11.1 Å². The number of benzene rings is 1. The molecule has 1 aromatic carbocycles. The fourth-order valence-corrected chi connectivity index (χ4v) is 2.17. The highest BCUT2D eigenvalue weighted by atomic mass is 16.1. The molecule has 0 radical (unpaired) electrons. The summed E-state index contributed by atoms with van der Waals surface area (Å²) in [5.74, 6) is -0.189. The molecular weight excluding hydrogens is 174 g/mol. The zero-order chi connectivity index (χ0) is 10.3. The van der Waals surface area contributed by atoms with Crippen molar-refractivity contribution >= 4 is 5.91 Å². The van der Waals surface area contributed by atoms with Crippen LogP contribution in [0.15, 0.2) is 18.2 Å². The third-order valence-electron chi connectivity index (χ3n) is 3.12. The van der Waals surface area contributed by atoms with Crippen LogP contribution < -0.4 is 5.73 Å². The van der Waals surface area contributed by atoms with Crippen LogP contribution in [0.5, 0.6) is 0 Å². The van der Waals surface area contributed by atoms with Crippen molar-refractivity contribution in [1.29, 1.82) is 0 Å². The molecule has 0 saturated heterocycles. The summed E-state index contributed by atoms with van der Waals surface area (Å²) in [5.41, 5.74) is 8.85. The molecule has 0 fully saturated rings. The monoisotopic (exact) mass is 189 g/mol. The second-order valence-electron chi connectivity index (χ2n) is 4.55. The molecule has 1 amide bonds. The third kappa shape index (κ3) is 1.31. The summed E-state index contributed by atoms with van der Waals surface area (Å²) in [6, 6.07) is 6.36. The van der Waals surface area contributed by atoms with Gasteiger partial charge < -0.3 is 5.73 Å². The first-order valence-electron chi connectivity index (χ1n) is 4.90. The van der Waals surface area contributed by atoms with Gasteiger partial charge in [0, 0.05) is 0 Å². The van der Waals surface area contributed by atoms with Crippen molar-refractivity contribution in [3.8, 4) is 0 Å². The molecule has 0 aromatic heterocycles. The molecule has 14 heavy (non-hydrogen) atoms. The Kier molecular flexibility index (Phi) is 1.88. The van der Waals surface area contributed by atoms with Crippen LogP contribution in [0.2, 0.25) is 0 Å². The van der Waals surface area contributed by atoms with Crippen LogP contribution in [0.25, 0.3) is 0 Å². The first-order chi connectivity index (χ1) is 6.51. The van der Waals surface area contributed by atoms with E-state index in [9.17, 15) is 4.79 Å². The van der Waals surface area contributed by atoms with Gasteiger partial charge in [-0.2, -0.15) is 0 Å². The Hall–Kier alpha value is -1.31. The molecule has 2 N–H and O–H groups in total. The first kappa shape index (κ1) is 9.25. The van der Waals surface area contributed by atoms with Gasteiger partial charge in [0.2, 0.25) is 5.91 Å². The van der Waals surface area contributed by atoms with Gasteiger partial charge in [-0.05, 0) is 30.9 Å². The zero-order valence-electron chi connectivity index (χ0n) is 8.63. The second-order valence-corrected chi connectivity index (χ2v) is 4.55. The van der Waals surface area contributed by atoms with Crippen LogP contribution >= 0.6 is 0 Å². The van der Waals surface area contributed by atoms with Crippen molar-refractivity contribution in [1.82, 2.24) is 0 Å². The van der Waals surface area contributed by atoms with Crippen molar-refractivity contribution < 1.29 is 4.79 Å². The van der Waals surface area contributed by atoms with Crippen molar-refractivity contribution in [3.63, 3.8) is 0 Å². The van der Waals surface area contributed by atoms with E-state index in [-0.39, 0.29) is 11.3 Å². The van der Waals surface area contributed by atoms with E-state index in [1.807, 2.05) is 6.92 Å². The molecule has 1 aromatic rings. The van der Waals surface area contributed by atoms with E-state index in [0.717, 1.165) is 12.8 Å². The average molecular weight is 189 g/mol. The summed E-state index contributed by atoms with van der Waals surface area (Å²) < 4.78 is 0. The Morgan fingerprint density at radius 2 is 2.00 bits per heavy atom. The van der Waals surface area contributed by atoms with Gasteiger partial charge in [0.25, 0.3) is 0 Å². The molecule has 0 bridgehead atoms. The molecule has 2 heteroatoms. The van der Waals surface area contributed by atoms with Gasteiger partial charge >= 0.3 is 0 Å². The predicted octanol–water partition coefficient (Wildman–Crippen LogP) is 1.59. The van der Waals surface area contributed by atoms with E-state index in [4.69, 9.17) is 5.73 Å². The smallest absolute Gasteiger partial charge is 0.224 e. The van der Waals surface area contributed by atoms with E-state index in [0.29, 0.717) is 0 Å².